The molecule has 0 amide bonds. The topological polar surface area (TPSA) is 58.6 Å². The number of hydrogen-bond acceptors (Lipinski definition) is 3. The summed E-state index contributed by atoms with van der Waals surface area (Å²) in [6.45, 7) is 0. The molecule has 9 heavy (non-hydrogen) atoms. The molecule has 3 N–H and O–H groups in total. The third-order valence-corrected chi connectivity index (χ3v) is 2.78. The van der Waals surface area contributed by atoms with Crippen molar-refractivity contribution in [3.8, 4) is 0 Å². The quantitative estimate of drug-likeness (QED) is 0.247. The molecule has 3 nitrogen and oxygen atoms in total. The van der Waals surface area contributed by atoms with Gasteiger partial charge in [-0.1, -0.05) is 5.16 Å². The van der Waals surface area contributed by atoms with E-state index in [1.165, 1.54) is 6.42 Å². The summed E-state index contributed by atoms with van der Waals surface area (Å²) in [6.07, 6.45) is 2.24. The monoisotopic (exact) mass is 146 g/mol. The highest BCUT2D eigenvalue weighted by molar-refractivity contribution is 8.00. The van der Waals surface area contributed by atoms with Crippen molar-refractivity contribution in [3.05, 3.63) is 0 Å². The molecule has 0 aliphatic carbocycles. The molecule has 1 atom stereocenters. The zero-order valence-electron chi connectivity index (χ0n) is 5.08. The van der Waals surface area contributed by atoms with Gasteiger partial charge in [-0.05, 0) is 18.6 Å². The molecule has 1 aliphatic heterocycles. The van der Waals surface area contributed by atoms with E-state index in [0.29, 0.717) is 5.84 Å². The number of thioether (sulfide) groups is 1. The highest BCUT2D eigenvalue weighted by Gasteiger charge is 2.19. The lowest BCUT2D eigenvalue weighted by atomic mass is 10.2. The summed E-state index contributed by atoms with van der Waals surface area (Å²) >= 11 is 1.76. The van der Waals surface area contributed by atoms with Crippen LogP contribution < -0.4 is 5.73 Å². The van der Waals surface area contributed by atoms with Gasteiger partial charge in [0.05, 0.1) is 5.25 Å². The van der Waals surface area contributed by atoms with E-state index in [1.807, 2.05) is 0 Å². The molecule has 0 radical (unpaired) electrons. The van der Waals surface area contributed by atoms with Gasteiger partial charge in [-0.3, -0.25) is 0 Å². The standard InChI is InChI=1S/C5H10N2OS/c6-5(7-8)4-2-1-3-9-4/h4,8H,1-3H2,(H2,6,7). The van der Waals surface area contributed by atoms with Gasteiger partial charge in [0.1, 0.15) is 0 Å². The van der Waals surface area contributed by atoms with E-state index in [4.69, 9.17) is 10.9 Å². The maximum atomic E-state index is 8.24. The lowest BCUT2D eigenvalue weighted by molar-refractivity contribution is 0.317. The van der Waals surface area contributed by atoms with Crippen molar-refractivity contribution in [2.24, 2.45) is 10.9 Å². The normalized spacial score (nSPS) is 28.9. The van der Waals surface area contributed by atoms with E-state index in [0.717, 1.165) is 12.2 Å². The van der Waals surface area contributed by atoms with Crippen LogP contribution in [0.4, 0.5) is 0 Å². The number of nitrogens with zero attached hydrogens (tertiary/aromatic N) is 1. The van der Waals surface area contributed by atoms with Crippen LogP contribution in [0.3, 0.4) is 0 Å². The molecule has 0 aromatic heterocycles. The van der Waals surface area contributed by atoms with Crippen LogP contribution in [0.2, 0.25) is 0 Å². The van der Waals surface area contributed by atoms with Crippen LogP contribution in [0.1, 0.15) is 12.8 Å². The number of amidine groups is 1. The summed E-state index contributed by atoms with van der Waals surface area (Å²) < 4.78 is 0. The van der Waals surface area contributed by atoms with Crippen LogP contribution in [0, 0.1) is 0 Å². The molecule has 1 fully saturated rings. The Morgan fingerprint density at radius 1 is 1.78 bits per heavy atom. The largest absolute Gasteiger partial charge is 0.409 e. The highest BCUT2D eigenvalue weighted by atomic mass is 32.2. The minimum absolute atomic E-state index is 0.273. The van der Waals surface area contributed by atoms with Crippen LogP contribution in [0.5, 0.6) is 0 Å². The summed E-state index contributed by atoms with van der Waals surface area (Å²) in [5.41, 5.74) is 5.36. The van der Waals surface area contributed by atoms with Crippen molar-refractivity contribution in [1.29, 1.82) is 0 Å². The molecule has 1 saturated heterocycles. The molecule has 1 aliphatic rings. The van der Waals surface area contributed by atoms with Crippen molar-refractivity contribution in [3.63, 3.8) is 0 Å². The van der Waals surface area contributed by atoms with E-state index in [2.05, 4.69) is 5.16 Å². The van der Waals surface area contributed by atoms with E-state index >= 15 is 0 Å². The van der Waals surface area contributed by atoms with Crippen molar-refractivity contribution in [2.45, 2.75) is 18.1 Å². The molecular formula is C5H10N2OS. The molecule has 0 bridgehead atoms. The van der Waals surface area contributed by atoms with Gasteiger partial charge in [0.25, 0.3) is 0 Å². The second-order valence-electron chi connectivity index (χ2n) is 2.03. The summed E-state index contributed by atoms with van der Waals surface area (Å²) in [7, 11) is 0. The average Bonchev–Trinajstić information content (AvgIpc) is 2.37. The van der Waals surface area contributed by atoms with E-state index in [9.17, 15) is 0 Å². The van der Waals surface area contributed by atoms with Crippen molar-refractivity contribution in [2.75, 3.05) is 5.75 Å². The second kappa shape index (κ2) is 2.96. The van der Waals surface area contributed by atoms with Gasteiger partial charge < -0.3 is 10.9 Å². The van der Waals surface area contributed by atoms with Gasteiger partial charge in [0.2, 0.25) is 0 Å². The second-order valence-corrected chi connectivity index (χ2v) is 3.34. The highest BCUT2D eigenvalue weighted by Crippen LogP contribution is 2.25. The fraction of sp³-hybridized carbons (Fsp3) is 0.800. The Morgan fingerprint density at radius 2 is 2.56 bits per heavy atom. The van der Waals surface area contributed by atoms with Gasteiger partial charge in [-0.15, -0.1) is 0 Å². The smallest absolute Gasteiger partial charge is 0.152 e. The molecular weight excluding hydrogens is 136 g/mol. The Bertz CT molecular complexity index is 120. The summed E-state index contributed by atoms with van der Waals surface area (Å²) in [4.78, 5) is 0. The maximum absolute atomic E-state index is 8.24. The Balaban J connectivity index is 2.42. The van der Waals surface area contributed by atoms with E-state index < -0.39 is 0 Å². The van der Waals surface area contributed by atoms with Crippen molar-refractivity contribution < 1.29 is 5.21 Å². The van der Waals surface area contributed by atoms with Crippen LogP contribution >= 0.6 is 11.8 Å². The number of oxime groups is 1. The predicted molar refractivity (Wildman–Crippen MR) is 38.9 cm³/mol. The van der Waals surface area contributed by atoms with Crippen LogP contribution in [0.25, 0.3) is 0 Å². The Hall–Kier alpha value is -0.380. The molecule has 0 spiro atoms. The summed E-state index contributed by atoms with van der Waals surface area (Å²) in [6, 6.07) is 0. The predicted octanol–water partition coefficient (Wildman–Crippen LogP) is 0.628. The average molecular weight is 146 g/mol. The van der Waals surface area contributed by atoms with Gasteiger partial charge in [0, 0.05) is 0 Å². The molecule has 4 heteroatoms. The molecule has 1 heterocycles. The summed E-state index contributed by atoms with van der Waals surface area (Å²) in [5, 5.41) is 11.5. The van der Waals surface area contributed by atoms with E-state index in [1.54, 1.807) is 11.8 Å². The van der Waals surface area contributed by atoms with Gasteiger partial charge in [-0.25, -0.2) is 0 Å². The van der Waals surface area contributed by atoms with Crippen LogP contribution in [-0.4, -0.2) is 22.0 Å². The SMILES string of the molecule is N/C(=N\O)C1CCCS1. The zero-order valence-corrected chi connectivity index (χ0v) is 5.90. The molecule has 1 unspecified atom stereocenters. The fourth-order valence-corrected chi connectivity index (χ4v) is 2.04. The molecule has 0 aromatic rings. The van der Waals surface area contributed by atoms with Gasteiger partial charge in [-0.2, -0.15) is 11.8 Å². The first-order chi connectivity index (χ1) is 4.34. The molecule has 0 aromatic carbocycles. The van der Waals surface area contributed by atoms with E-state index in [-0.39, 0.29) is 5.25 Å². The van der Waals surface area contributed by atoms with Gasteiger partial charge >= 0.3 is 0 Å². The molecule has 0 saturated carbocycles. The minimum atomic E-state index is 0.273. The van der Waals surface area contributed by atoms with Gasteiger partial charge in [0.15, 0.2) is 5.84 Å². The fourth-order valence-electron chi connectivity index (χ4n) is 0.875. The third-order valence-electron chi connectivity index (χ3n) is 1.38. The third kappa shape index (κ3) is 1.51. The minimum Gasteiger partial charge on any atom is -0.409 e. The first-order valence-electron chi connectivity index (χ1n) is 2.93. The Labute approximate surface area is 58.3 Å². The van der Waals surface area contributed by atoms with Crippen molar-refractivity contribution >= 4 is 17.6 Å². The maximum Gasteiger partial charge on any atom is 0.152 e. The van der Waals surface area contributed by atoms with Crippen LogP contribution in [-0.2, 0) is 0 Å². The zero-order chi connectivity index (χ0) is 6.69. The van der Waals surface area contributed by atoms with Crippen molar-refractivity contribution in [1.82, 2.24) is 0 Å². The summed E-state index contributed by atoms with van der Waals surface area (Å²) in [5.74, 6) is 1.51. The molecule has 52 valence electrons. The Morgan fingerprint density at radius 3 is 3.00 bits per heavy atom. The first-order valence-corrected chi connectivity index (χ1v) is 3.98. The lowest BCUT2D eigenvalue weighted by Crippen LogP contribution is -2.23. The lowest BCUT2D eigenvalue weighted by Gasteiger charge is -2.02. The molecule has 1 rings (SSSR count). The van der Waals surface area contributed by atoms with Crippen LogP contribution in [0.15, 0.2) is 5.16 Å². The number of hydrogen-bond donors (Lipinski definition) is 2. The number of nitrogens with two attached hydrogens (primary N) is 1. The first kappa shape index (κ1) is 6.74. The number of rotatable bonds is 1. The Kier molecular flexibility index (Phi) is 2.22.